The second-order valence-electron chi connectivity index (χ2n) is 4.57. The SMILES string of the molecule is COC(=O)c1cnc(Cl)c(OCC2(C(=O)OC)CC2)c1. The van der Waals surface area contributed by atoms with Gasteiger partial charge in [-0.2, -0.15) is 0 Å². The molecule has 0 amide bonds. The van der Waals surface area contributed by atoms with E-state index in [2.05, 4.69) is 9.72 Å². The molecule has 1 aliphatic rings. The lowest BCUT2D eigenvalue weighted by atomic mass is 10.1. The van der Waals surface area contributed by atoms with Crippen LogP contribution in [0.2, 0.25) is 5.15 Å². The summed E-state index contributed by atoms with van der Waals surface area (Å²) < 4.78 is 14.8. The maximum Gasteiger partial charge on any atom is 0.339 e. The van der Waals surface area contributed by atoms with E-state index in [0.717, 1.165) is 0 Å². The van der Waals surface area contributed by atoms with Crippen molar-refractivity contribution in [3.63, 3.8) is 0 Å². The van der Waals surface area contributed by atoms with Crippen LogP contribution in [0.3, 0.4) is 0 Å². The molecule has 1 saturated carbocycles. The maximum absolute atomic E-state index is 11.6. The molecule has 1 aromatic rings. The number of pyridine rings is 1. The lowest BCUT2D eigenvalue weighted by Gasteiger charge is -2.14. The van der Waals surface area contributed by atoms with E-state index in [1.165, 1.54) is 26.5 Å². The number of rotatable bonds is 5. The van der Waals surface area contributed by atoms with Crippen LogP contribution in [0.15, 0.2) is 12.3 Å². The molecule has 0 spiro atoms. The number of hydrogen-bond donors (Lipinski definition) is 0. The van der Waals surface area contributed by atoms with Crippen molar-refractivity contribution in [2.45, 2.75) is 12.8 Å². The number of halogens is 1. The zero-order valence-corrected chi connectivity index (χ0v) is 11.9. The molecule has 2 rings (SSSR count). The summed E-state index contributed by atoms with van der Waals surface area (Å²) in [6, 6.07) is 1.44. The van der Waals surface area contributed by atoms with E-state index in [4.69, 9.17) is 21.1 Å². The molecular formula is C13H14ClNO5. The van der Waals surface area contributed by atoms with Crippen molar-refractivity contribution in [1.29, 1.82) is 0 Å². The van der Waals surface area contributed by atoms with Crippen LogP contribution >= 0.6 is 11.6 Å². The van der Waals surface area contributed by atoms with E-state index in [1.54, 1.807) is 0 Å². The number of esters is 2. The van der Waals surface area contributed by atoms with Crippen molar-refractivity contribution < 1.29 is 23.8 Å². The Bertz CT molecular complexity index is 542. The van der Waals surface area contributed by atoms with Gasteiger partial charge in [0.2, 0.25) is 0 Å². The molecule has 1 fully saturated rings. The van der Waals surface area contributed by atoms with Crippen LogP contribution in [0.25, 0.3) is 0 Å². The smallest absolute Gasteiger partial charge is 0.339 e. The van der Waals surface area contributed by atoms with Gasteiger partial charge in [-0.3, -0.25) is 4.79 Å². The van der Waals surface area contributed by atoms with Crippen molar-refractivity contribution in [2.75, 3.05) is 20.8 Å². The topological polar surface area (TPSA) is 74.7 Å². The highest BCUT2D eigenvalue weighted by molar-refractivity contribution is 6.30. The third-order valence-corrected chi connectivity index (χ3v) is 3.49. The molecule has 0 unspecified atom stereocenters. The molecule has 0 N–H and O–H groups in total. The first-order valence-corrected chi connectivity index (χ1v) is 6.35. The van der Waals surface area contributed by atoms with Crippen molar-refractivity contribution in [3.8, 4) is 5.75 Å². The van der Waals surface area contributed by atoms with E-state index in [-0.39, 0.29) is 29.0 Å². The summed E-state index contributed by atoms with van der Waals surface area (Å²) in [6.07, 6.45) is 2.72. The molecule has 1 heterocycles. The standard InChI is InChI=1S/C13H14ClNO5/c1-18-11(16)8-5-9(10(14)15-6-8)20-7-13(3-4-13)12(17)19-2/h5-6H,3-4,7H2,1-2H3. The van der Waals surface area contributed by atoms with Crippen molar-refractivity contribution >= 4 is 23.5 Å². The fourth-order valence-corrected chi connectivity index (χ4v) is 1.91. The monoisotopic (exact) mass is 299 g/mol. The van der Waals surface area contributed by atoms with Gasteiger partial charge in [0.25, 0.3) is 0 Å². The molecule has 1 aromatic heterocycles. The molecule has 1 aliphatic carbocycles. The lowest BCUT2D eigenvalue weighted by molar-refractivity contribution is -0.148. The van der Waals surface area contributed by atoms with E-state index in [0.29, 0.717) is 12.8 Å². The van der Waals surface area contributed by atoms with E-state index in [1.807, 2.05) is 0 Å². The molecule has 6 nitrogen and oxygen atoms in total. The minimum absolute atomic E-state index is 0.123. The van der Waals surface area contributed by atoms with Crippen LogP contribution in [-0.2, 0) is 14.3 Å². The Morgan fingerprint density at radius 2 is 2.05 bits per heavy atom. The van der Waals surface area contributed by atoms with Crippen molar-refractivity contribution in [2.24, 2.45) is 5.41 Å². The third kappa shape index (κ3) is 2.85. The van der Waals surface area contributed by atoms with Gasteiger partial charge in [0, 0.05) is 6.20 Å². The molecule has 7 heteroatoms. The van der Waals surface area contributed by atoms with E-state index in [9.17, 15) is 9.59 Å². The fourth-order valence-electron chi connectivity index (χ4n) is 1.75. The van der Waals surface area contributed by atoms with Crippen LogP contribution < -0.4 is 4.74 Å². The summed E-state index contributed by atoms with van der Waals surface area (Å²) in [5.74, 6) is -0.594. The average molecular weight is 300 g/mol. The quantitative estimate of drug-likeness (QED) is 0.610. The normalized spacial score (nSPS) is 15.3. The second kappa shape index (κ2) is 5.66. The summed E-state index contributed by atoms with van der Waals surface area (Å²) in [5, 5.41) is 0.123. The van der Waals surface area contributed by atoms with Crippen molar-refractivity contribution in [3.05, 3.63) is 23.0 Å². The van der Waals surface area contributed by atoms with Gasteiger partial charge in [-0.25, -0.2) is 9.78 Å². The van der Waals surface area contributed by atoms with E-state index >= 15 is 0 Å². The van der Waals surface area contributed by atoms with Gasteiger partial charge in [0.05, 0.1) is 19.8 Å². The summed E-state index contributed by atoms with van der Waals surface area (Å²) in [7, 11) is 2.61. The van der Waals surface area contributed by atoms with Crippen LogP contribution in [0.5, 0.6) is 5.75 Å². The number of carbonyl (C=O) groups excluding carboxylic acids is 2. The zero-order valence-electron chi connectivity index (χ0n) is 11.1. The first-order chi connectivity index (χ1) is 9.52. The molecule has 108 valence electrons. The van der Waals surface area contributed by atoms with Gasteiger partial charge in [0.1, 0.15) is 12.0 Å². The summed E-state index contributed by atoms with van der Waals surface area (Å²) in [6.45, 7) is 0.145. The van der Waals surface area contributed by atoms with Gasteiger partial charge in [-0.05, 0) is 18.9 Å². The van der Waals surface area contributed by atoms with Crippen molar-refractivity contribution in [1.82, 2.24) is 4.98 Å². The Hall–Kier alpha value is -1.82. The summed E-state index contributed by atoms with van der Waals surface area (Å²) >= 11 is 5.90. The number of methoxy groups -OCH3 is 2. The Morgan fingerprint density at radius 1 is 1.35 bits per heavy atom. The molecule has 0 atom stereocenters. The number of ether oxygens (including phenoxy) is 3. The Labute approximate surface area is 121 Å². The predicted octanol–water partition coefficient (Wildman–Crippen LogP) is 1.85. The fraction of sp³-hybridized carbons (Fsp3) is 0.462. The third-order valence-electron chi connectivity index (χ3n) is 3.20. The second-order valence-corrected chi connectivity index (χ2v) is 4.92. The van der Waals surface area contributed by atoms with Crippen LogP contribution in [0.4, 0.5) is 0 Å². The van der Waals surface area contributed by atoms with Gasteiger partial charge in [0.15, 0.2) is 10.9 Å². The minimum Gasteiger partial charge on any atom is -0.489 e. The number of carbonyl (C=O) groups is 2. The van der Waals surface area contributed by atoms with Gasteiger partial charge in [-0.15, -0.1) is 0 Å². The minimum atomic E-state index is -0.598. The number of nitrogens with zero attached hydrogens (tertiary/aromatic N) is 1. The predicted molar refractivity (Wildman–Crippen MR) is 69.8 cm³/mol. The average Bonchev–Trinajstić information content (AvgIpc) is 3.26. The Morgan fingerprint density at radius 3 is 2.60 bits per heavy atom. The highest BCUT2D eigenvalue weighted by atomic mass is 35.5. The molecule has 0 saturated heterocycles. The Kier molecular flexibility index (Phi) is 4.13. The zero-order chi connectivity index (χ0) is 14.8. The summed E-state index contributed by atoms with van der Waals surface area (Å²) in [4.78, 5) is 26.9. The van der Waals surface area contributed by atoms with E-state index < -0.39 is 11.4 Å². The number of aromatic nitrogens is 1. The molecular weight excluding hydrogens is 286 g/mol. The van der Waals surface area contributed by atoms with Crippen LogP contribution in [-0.4, -0.2) is 37.7 Å². The largest absolute Gasteiger partial charge is 0.489 e. The molecule has 0 bridgehead atoms. The number of hydrogen-bond acceptors (Lipinski definition) is 6. The lowest BCUT2D eigenvalue weighted by Crippen LogP contribution is -2.24. The highest BCUT2D eigenvalue weighted by Crippen LogP contribution is 2.47. The Balaban J connectivity index is 2.10. The first kappa shape index (κ1) is 14.6. The molecule has 0 aromatic carbocycles. The summed E-state index contributed by atoms with van der Waals surface area (Å²) in [5.41, 5.74) is -0.367. The van der Waals surface area contributed by atoms with Gasteiger partial charge >= 0.3 is 11.9 Å². The van der Waals surface area contributed by atoms with Gasteiger partial charge in [-0.1, -0.05) is 11.6 Å². The molecule has 20 heavy (non-hydrogen) atoms. The molecule has 0 aliphatic heterocycles. The van der Waals surface area contributed by atoms with Crippen LogP contribution in [0, 0.1) is 5.41 Å². The molecule has 0 radical (unpaired) electrons. The van der Waals surface area contributed by atoms with Crippen LogP contribution in [0.1, 0.15) is 23.2 Å². The first-order valence-electron chi connectivity index (χ1n) is 5.97. The van der Waals surface area contributed by atoms with Gasteiger partial charge < -0.3 is 14.2 Å². The maximum atomic E-state index is 11.6. The highest BCUT2D eigenvalue weighted by Gasteiger charge is 2.52.